The molecular weight excluding hydrogens is 335 g/mol. The predicted molar refractivity (Wildman–Crippen MR) is 113 cm³/mol. The third-order valence-corrected chi connectivity index (χ3v) is 5.45. The SMILES string of the molecule is CCCCC1=C(CC)c2cc(F)ccc2C2=C(C(C)C)[N-]C(C(C)C)=CN12. The van der Waals surface area contributed by atoms with E-state index in [9.17, 15) is 4.39 Å². The van der Waals surface area contributed by atoms with Crippen molar-refractivity contribution in [3.05, 3.63) is 63.8 Å². The number of halogens is 1. The van der Waals surface area contributed by atoms with Crippen molar-refractivity contribution in [2.45, 2.75) is 67.2 Å². The van der Waals surface area contributed by atoms with E-state index in [0.29, 0.717) is 11.8 Å². The topological polar surface area (TPSA) is 17.3 Å². The van der Waals surface area contributed by atoms with Crippen molar-refractivity contribution in [1.29, 1.82) is 0 Å². The molecule has 2 heterocycles. The second kappa shape index (κ2) is 7.92. The van der Waals surface area contributed by atoms with Crippen molar-refractivity contribution in [2.75, 3.05) is 0 Å². The Hall–Kier alpha value is -2.03. The van der Waals surface area contributed by atoms with Crippen LogP contribution in [0.25, 0.3) is 16.6 Å². The van der Waals surface area contributed by atoms with E-state index in [1.165, 1.54) is 11.3 Å². The van der Waals surface area contributed by atoms with Crippen molar-refractivity contribution in [3.8, 4) is 0 Å². The van der Waals surface area contributed by atoms with Crippen LogP contribution in [0.5, 0.6) is 0 Å². The quantitative estimate of drug-likeness (QED) is 0.504. The second-order valence-corrected chi connectivity index (χ2v) is 8.15. The molecule has 0 unspecified atom stereocenters. The largest absolute Gasteiger partial charge is 0.661 e. The maximum absolute atomic E-state index is 14.1. The molecule has 27 heavy (non-hydrogen) atoms. The number of benzene rings is 1. The molecule has 146 valence electrons. The van der Waals surface area contributed by atoms with Gasteiger partial charge in [-0.1, -0.05) is 48.0 Å². The molecule has 0 bridgehead atoms. The Labute approximate surface area is 163 Å². The third kappa shape index (κ3) is 3.56. The summed E-state index contributed by atoms with van der Waals surface area (Å²) in [6, 6.07) is 5.23. The minimum absolute atomic E-state index is 0.166. The Bertz CT molecular complexity index is 812. The van der Waals surface area contributed by atoms with E-state index >= 15 is 0 Å². The lowest BCUT2D eigenvalue weighted by Crippen LogP contribution is -2.28. The van der Waals surface area contributed by atoms with Crippen LogP contribution in [0.15, 0.2) is 41.5 Å². The zero-order valence-electron chi connectivity index (χ0n) is 17.6. The van der Waals surface area contributed by atoms with Crippen LogP contribution in [0.4, 0.5) is 4.39 Å². The molecule has 0 saturated carbocycles. The van der Waals surface area contributed by atoms with Gasteiger partial charge in [-0.2, -0.15) is 0 Å². The summed E-state index contributed by atoms with van der Waals surface area (Å²) in [5.41, 5.74) is 8.12. The lowest BCUT2D eigenvalue weighted by atomic mass is 9.85. The van der Waals surface area contributed by atoms with Gasteiger partial charge in [0.2, 0.25) is 0 Å². The van der Waals surface area contributed by atoms with Crippen molar-refractivity contribution in [1.82, 2.24) is 4.90 Å². The summed E-state index contributed by atoms with van der Waals surface area (Å²) in [6.45, 7) is 13.2. The summed E-state index contributed by atoms with van der Waals surface area (Å²) in [5.74, 6) is 0.506. The number of rotatable bonds is 6. The van der Waals surface area contributed by atoms with Crippen LogP contribution in [0.2, 0.25) is 0 Å². The number of nitrogens with zero attached hydrogens (tertiary/aromatic N) is 2. The Morgan fingerprint density at radius 1 is 1.04 bits per heavy atom. The van der Waals surface area contributed by atoms with E-state index in [1.54, 1.807) is 12.1 Å². The fraction of sp³-hybridized carbons (Fsp3) is 0.500. The smallest absolute Gasteiger partial charge is 0.123 e. The molecule has 0 atom stereocenters. The molecule has 0 aliphatic carbocycles. The van der Waals surface area contributed by atoms with Crippen molar-refractivity contribution in [2.24, 2.45) is 11.8 Å². The molecule has 3 rings (SSSR count). The lowest BCUT2D eigenvalue weighted by molar-refractivity contribution is 0.553. The molecule has 2 nitrogen and oxygen atoms in total. The summed E-state index contributed by atoms with van der Waals surface area (Å²) in [4.78, 5) is 2.38. The lowest BCUT2D eigenvalue weighted by Gasteiger charge is -2.48. The van der Waals surface area contributed by atoms with Crippen LogP contribution in [-0.4, -0.2) is 4.90 Å². The number of fused-ring (bicyclic) bond motifs is 3. The standard InChI is InChI=1S/C24H32FN2/c1-7-9-10-22-18(8-2)20-13-17(25)11-12-19(20)24-23(16(5)6)26-21(15(3)4)14-27(22)24/h11-16H,7-10H2,1-6H3/q-1. The molecule has 0 saturated heterocycles. The molecule has 0 radical (unpaired) electrons. The predicted octanol–water partition coefficient (Wildman–Crippen LogP) is 7.66. The molecule has 1 aromatic rings. The molecule has 1 aromatic carbocycles. The monoisotopic (exact) mass is 367 g/mol. The van der Waals surface area contributed by atoms with Gasteiger partial charge in [-0.3, -0.25) is 0 Å². The van der Waals surface area contributed by atoms with Gasteiger partial charge in [0, 0.05) is 17.0 Å². The molecule has 3 heteroatoms. The van der Waals surface area contributed by atoms with E-state index < -0.39 is 0 Å². The van der Waals surface area contributed by atoms with Crippen LogP contribution in [0.1, 0.15) is 78.4 Å². The Kier molecular flexibility index (Phi) is 5.78. The third-order valence-electron chi connectivity index (χ3n) is 5.45. The molecular formula is C24H32FN2-. The van der Waals surface area contributed by atoms with E-state index in [0.717, 1.165) is 53.9 Å². The van der Waals surface area contributed by atoms with E-state index in [4.69, 9.17) is 5.32 Å². The minimum atomic E-state index is -0.166. The summed E-state index contributed by atoms with van der Waals surface area (Å²) in [6.07, 6.45) is 6.40. The fourth-order valence-electron chi connectivity index (χ4n) is 3.99. The van der Waals surface area contributed by atoms with Gasteiger partial charge in [0.25, 0.3) is 0 Å². The van der Waals surface area contributed by atoms with Crippen molar-refractivity contribution in [3.63, 3.8) is 0 Å². The van der Waals surface area contributed by atoms with Gasteiger partial charge >= 0.3 is 0 Å². The summed E-state index contributed by atoms with van der Waals surface area (Å²) >= 11 is 0. The summed E-state index contributed by atoms with van der Waals surface area (Å²) in [5, 5.41) is 5.03. The van der Waals surface area contributed by atoms with Crippen LogP contribution in [0, 0.1) is 17.7 Å². The first-order chi connectivity index (χ1) is 12.9. The molecule has 2 aliphatic heterocycles. The van der Waals surface area contributed by atoms with Gasteiger partial charge in [0.05, 0.1) is 0 Å². The fourth-order valence-corrected chi connectivity index (χ4v) is 3.99. The molecule has 0 fully saturated rings. The van der Waals surface area contributed by atoms with Gasteiger partial charge < -0.3 is 10.2 Å². The number of unbranched alkanes of at least 4 members (excludes halogenated alkanes) is 1. The van der Waals surface area contributed by atoms with Crippen LogP contribution >= 0.6 is 0 Å². The average molecular weight is 368 g/mol. The number of hydrogen-bond donors (Lipinski definition) is 0. The van der Waals surface area contributed by atoms with Gasteiger partial charge in [0.15, 0.2) is 0 Å². The first-order valence-electron chi connectivity index (χ1n) is 10.4. The molecule has 0 amide bonds. The van der Waals surface area contributed by atoms with Gasteiger partial charge in [0.1, 0.15) is 5.82 Å². The van der Waals surface area contributed by atoms with E-state index in [1.807, 2.05) is 6.07 Å². The highest BCUT2D eigenvalue weighted by Gasteiger charge is 2.30. The number of hydrogen-bond acceptors (Lipinski definition) is 1. The van der Waals surface area contributed by atoms with Crippen molar-refractivity contribution < 1.29 is 4.39 Å². The first kappa shape index (κ1) is 19.7. The highest BCUT2D eigenvalue weighted by Crippen LogP contribution is 2.49. The summed E-state index contributed by atoms with van der Waals surface area (Å²) < 4.78 is 14.1. The zero-order chi connectivity index (χ0) is 19.7. The highest BCUT2D eigenvalue weighted by molar-refractivity contribution is 5.89. The van der Waals surface area contributed by atoms with E-state index in [2.05, 4.69) is 52.6 Å². The second-order valence-electron chi connectivity index (χ2n) is 8.15. The van der Waals surface area contributed by atoms with Gasteiger partial charge in [-0.05, 0) is 66.6 Å². The molecule has 0 aromatic heterocycles. The Morgan fingerprint density at radius 2 is 1.78 bits per heavy atom. The minimum Gasteiger partial charge on any atom is -0.661 e. The summed E-state index contributed by atoms with van der Waals surface area (Å²) in [7, 11) is 0. The van der Waals surface area contributed by atoms with Gasteiger partial charge in [-0.25, -0.2) is 4.39 Å². The molecule has 2 aliphatic rings. The Morgan fingerprint density at radius 3 is 2.37 bits per heavy atom. The average Bonchev–Trinajstić information content (AvgIpc) is 2.64. The van der Waals surface area contributed by atoms with Gasteiger partial charge in [-0.15, -0.1) is 11.4 Å². The normalized spacial score (nSPS) is 16.6. The molecule has 0 N–H and O–H groups in total. The maximum atomic E-state index is 14.1. The van der Waals surface area contributed by atoms with Crippen molar-refractivity contribution >= 4 is 11.3 Å². The highest BCUT2D eigenvalue weighted by atomic mass is 19.1. The number of allylic oxidation sites excluding steroid dienone is 4. The van der Waals surface area contributed by atoms with Crippen LogP contribution < -0.4 is 0 Å². The van der Waals surface area contributed by atoms with Crippen LogP contribution in [-0.2, 0) is 0 Å². The first-order valence-corrected chi connectivity index (χ1v) is 10.4. The maximum Gasteiger partial charge on any atom is 0.123 e. The zero-order valence-corrected chi connectivity index (χ0v) is 17.6. The van der Waals surface area contributed by atoms with Crippen LogP contribution in [0.3, 0.4) is 0 Å². The Balaban J connectivity index is 2.31. The van der Waals surface area contributed by atoms with E-state index in [-0.39, 0.29) is 5.82 Å². The molecule has 0 spiro atoms.